The third kappa shape index (κ3) is 3.91. The largest absolute Gasteiger partial charge is 0.497 e. The molecule has 0 heterocycles. The lowest BCUT2D eigenvalue weighted by molar-refractivity contribution is 0.0954. The summed E-state index contributed by atoms with van der Waals surface area (Å²) < 4.78 is 18.2. The average Bonchev–Trinajstić information content (AvgIpc) is 2.55. The first-order valence-corrected chi connectivity index (χ1v) is 6.91. The molecular weight excluding hydrogens is 283 g/mol. The summed E-state index contributed by atoms with van der Waals surface area (Å²) in [6.07, 6.45) is 0.649. The fourth-order valence-electron chi connectivity index (χ4n) is 1.94. The Morgan fingerprint density at radius 1 is 1.18 bits per heavy atom. The third-order valence-electron chi connectivity index (χ3n) is 3.14. The maximum Gasteiger partial charge on any atom is 0.271 e. The molecule has 22 heavy (non-hydrogen) atoms. The summed E-state index contributed by atoms with van der Waals surface area (Å²) in [7, 11) is 1.60. The Morgan fingerprint density at radius 2 is 1.91 bits per heavy atom. The first-order chi connectivity index (χ1) is 10.6. The third-order valence-corrected chi connectivity index (χ3v) is 3.14. The fourth-order valence-corrected chi connectivity index (χ4v) is 1.94. The molecule has 0 radical (unpaired) electrons. The second-order valence-electron chi connectivity index (χ2n) is 4.59. The van der Waals surface area contributed by atoms with E-state index in [0.29, 0.717) is 6.42 Å². The van der Waals surface area contributed by atoms with Gasteiger partial charge in [-0.3, -0.25) is 4.79 Å². The summed E-state index contributed by atoms with van der Waals surface area (Å²) in [5.74, 6) is -0.149. The van der Waals surface area contributed by atoms with Gasteiger partial charge in [-0.25, -0.2) is 9.82 Å². The molecule has 0 fully saturated rings. The summed E-state index contributed by atoms with van der Waals surface area (Å²) in [5.41, 5.74) is 4.31. The molecule has 1 amide bonds. The van der Waals surface area contributed by atoms with Gasteiger partial charge >= 0.3 is 0 Å². The molecule has 1 N–H and O–H groups in total. The lowest BCUT2D eigenvalue weighted by atomic mass is 10.1. The van der Waals surface area contributed by atoms with Gasteiger partial charge in [0.25, 0.3) is 5.91 Å². The highest BCUT2D eigenvalue weighted by Crippen LogP contribution is 2.13. The predicted molar refractivity (Wildman–Crippen MR) is 83.7 cm³/mol. The van der Waals surface area contributed by atoms with Crippen LogP contribution in [-0.4, -0.2) is 18.7 Å². The van der Waals surface area contributed by atoms with Gasteiger partial charge in [0.15, 0.2) is 0 Å². The van der Waals surface area contributed by atoms with Gasteiger partial charge in [-0.05, 0) is 54.4 Å². The molecule has 0 bridgehead atoms. The number of nitrogens with zero attached hydrogens (tertiary/aromatic N) is 1. The van der Waals surface area contributed by atoms with Gasteiger partial charge in [0, 0.05) is 5.56 Å². The van der Waals surface area contributed by atoms with Crippen molar-refractivity contribution in [3.63, 3.8) is 0 Å². The van der Waals surface area contributed by atoms with Crippen LogP contribution in [0, 0.1) is 5.82 Å². The van der Waals surface area contributed by atoms with Crippen molar-refractivity contribution in [2.24, 2.45) is 5.10 Å². The van der Waals surface area contributed by atoms with E-state index in [2.05, 4.69) is 10.5 Å². The minimum atomic E-state index is -0.456. The molecule has 0 saturated carbocycles. The van der Waals surface area contributed by atoms with Crippen LogP contribution in [0.1, 0.15) is 29.3 Å². The van der Waals surface area contributed by atoms with Gasteiger partial charge in [0.1, 0.15) is 11.6 Å². The lowest BCUT2D eigenvalue weighted by Crippen LogP contribution is -2.20. The van der Waals surface area contributed by atoms with Crippen molar-refractivity contribution in [2.45, 2.75) is 13.3 Å². The number of hydrogen-bond acceptors (Lipinski definition) is 3. The monoisotopic (exact) mass is 300 g/mol. The van der Waals surface area contributed by atoms with E-state index in [9.17, 15) is 9.18 Å². The Bertz CT molecular complexity index is 681. The van der Waals surface area contributed by atoms with Gasteiger partial charge in [0.2, 0.25) is 0 Å². The van der Waals surface area contributed by atoms with E-state index >= 15 is 0 Å². The molecule has 0 aromatic heterocycles. The van der Waals surface area contributed by atoms with E-state index in [1.54, 1.807) is 7.11 Å². The fraction of sp³-hybridized carbons (Fsp3) is 0.176. The van der Waals surface area contributed by atoms with Crippen molar-refractivity contribution in [3.8, 4) is 5.75 Å². The van der Waals surface area contributed by atoms with Crippen molar-refractivity contribution in [2.75, 3.05) is 7.11 Å². The molecule has 0 aliphatic rings. The van der Waals surface area contributed by atoms with E-state index in [4.69, 9.17) is 4.74 Å². The number of carbonyl (C=O) groups excluding carboxylic acids is 1. The summed E-state index contributed by atoms with van der Waals surface area (Å²) >= 11 is 0. The molecule has 0 aliphatic heterocycles. The van der Waals surface area contributed by atoms with E-state index in [-0.39, 0.29) is 5.56 Å². The van der Waals surface area contributed by atoms with Crippen LogP contribution < -0.4 is 10.2 Å². The highest BCUT2D eigenvalue weighted by molar-refractivity contribution is 6.02. The smallest absolute Gasteiger partial charge is 0.271 e. The molecule has 2 rings (SSSR count). The first kappa shape index (κ1) is 15.7. The molecule has 114 valence electrons. The van der Waals surface area contributed by atoms with Gasteiger partial charge < -0.3 is 4.74 Å². The number of rotatable bonds is 5. The van der Waals surface area contributed by atoms with E-state index in [0.717, 1.165) is 17.0 Å². The number of ether oxygens (including phenoxy) is 1. The van der Waals surface area contributed by atoms with Gasteiger partial charge in [-0.2, -0.15) is 5.10 Å². The Hall–Kier alpha value is -2.69. The van der Waals surface area contributed by atoms with Crippen LogP contribution >= 0.6 is 0 Å². The molecule has 0 aliphatic carbocycles. The molecule has 0 atom stereocenters. The topological polar surface area (TPSA) is 50.7 Å². The number of nitrogens with one attached hydrogen (secondary N) is 1. The van der Waals surface area contributed by atoms with E-state index in [1.165, 1.54) is 24.3 Å². The number of halogens is 1. The van der Waals surface area contributed by atoms with Crippen LogP contribution in [0.25, 0.3) is 0 Å². The highest BCUT2D eigenvalue weighted by atomic mass is 19.1. The molecule has 0 unspecified atom stereocenters. The first-order valence-electron chi connectivity index (χ1n) is 6.91. The van der Waals surface area contributed by atoms with Crippen LogP contribution in [0.2, 0.25) is 0 Å². The molecule has 5 heteroatoms. The van der Waals surface area contributed by atoms with Crippen LogP contribution in [0.5, 0.6) is 5.75 Å². The zero-order valence-corrected chi connectivity index (χ0v) is 12.5. The lowest BCUT2D eigenvalue weighted by Gasteiger charge is -2.06. The number of hydrogen-bond donors (Lipinski definition) is 1. The van der Waals surface area contributed by atoms with Crippen molar-refractivity contribution >= 4 is 11.6 Å². The van der Waals surface area contributed by atoms with Crippen molar-refractivity contribution in [1.29, 1.82) is 0 Å². The maximum atomic E-state index is 13.1. The zero-order valence-electron chi connectivity index (χ0n) is 12.5. The Kier molecular flexibility index (Phi) is 5.25. The summed E-state index contributed by atoms with van der Waals surface area (Å²) in [6.45, 7) is 1.94. The van der Waals surface area contributed by atoms with E-state index < -0.39 is 11.7 Å². The second-order valence-corrected chi connectivity index (χ2v) is 4.59. The van der Waals surface area contributed by atoms with Gasteiger partial charge in [0.05, 0.1) is 12.8 Å². The van der Waals surface area contributed by atoms with Gasteiger partial charge in [-0.1, -0.05) is 13.0 Å². The van der Waals surface area contributed by atoms with Crippen LogP contribution in [0.3, 0.4) is 0 Å². The molecular formula is C17H17FN2O2. The highest BCUT2D eigenvalue weighted by Gasteiger charge is 2.07. The Labute approximate surface area is 128 Å². The Balaban J connectivity index is 2.13. The van der Waals surface area contributed by atoms with Crippen LogP contribution in [0.4, 0.5) is 4.39 Å². The normalized spacial score (nSPS) is 11.1. The van der Waals surface area contributed by atoms with Crippen LogP contribution in [-0.2, 0) is 0 Å². The Morgan fingerprint density at radius 3 is 2.50 bits per heavy atom. The SMILES string of the molecule is CCC(=NNC(=O)c1cccc(F)c1)c1ccc(OC)cc1. The van der Waals surface area contributed by atoms with Crippen LogP contribution in [0.15, 0.2) is 53.6 Å². The molecule has 0 spiro atoms. The number of methoxy groups -OCH3 is 1. The minimum absolute atomic E-state index is 0.230. The summed E-state index contributed by atoms with van der Waals surface area (Å²) in [5, 5.41) is 4.13. The standard InChI is InChI=1S/C17H17FN2O2/c1-3-16(12-7-9-15(22-2)10-8-12)19-20-17(21)13-5-4-6-14(18)11-13/h4-11H,3H2,1-2H3,(H,20,21). The molecule has 4 nitrogen and oxygen atoms in total. The zero-order chi connectivity index (χ0) is 15.9. The van der Waals surface area contributed by atoms with Crippen molar-refractivity contribution in [3.05, 3.63) is 65.5 Å². The number of hydrazone groups is 1. The summed E-state index contributed by atoms with van der Waals surface area (Å²) in [6, 6.07) is 12.9. The molecule has 2 aromatic rings. The van der Waals surface area contributed by atoms with Crippen molar-refractivity contribution < 1.29 is 13.9 Å². The quantitative estimate of drug-likeness (QED) is 0.680. The molecule has 0 saturated heterocycles. The number of carbonyl (C=O) groups is 1. The average molecular weight is 300 g/mol. The molecule has 2 aromatic carbocycles. The van der Waals surface area contributed by atoms with Gasteiger partial charge in [-0.15, -0.1) is 0 Å². The number of amides is 1. The second kappa shape index (κ2) is 7.36. The summed E-state index contributed by atoms with van der Waals surface area (Å²) in [4.78, 5) is 11.9. The predicted octanol–water partition coefficient (Wildman–Crippen LogP) is 3.38. The maximum absolute atomic E-state index is 13.1. The number of benzene rings is 2. The van der Waals surface area contributed by atoms with Crippen molar-refractivity contribution in [1.82, 2.24) is 5.43 Å². The minimum Gasteiger partial charge on any atom is -0.497 e. The van der Waals surface area contributed by atoms with E-state index in [1.807, 2.05) is 31.2 Å².